The van der Waals surface area contributed by atoms with Crippen molar-refractivity contribution in [2.24, 2.45) is 0 Å². The van der Waals surface area contributed by atoms with Gasteiger partial charge >= 0.3 is 0 Å². The maximum absolute atomic E-state index is 12.4. The molecule has 0 atom stereocenters. The highest BCUT2D eigenvalue weighted by atomic mass is 16.1. The molecule has 0 saturated heterocycles. The number of nitrogens with zero attached hydrogens (tertiary/aromatic N) is 2. The molecule has 2 aromatic carbocycles. The molecule has 0 radical (unpaired) electrons. The van der Waals surface area contributed by atoms with Crippen LogP contribution in [0.5, 0.6) is 0 Å². The van der Waals surface area contributed by atoms with Crippen LogP contribution in [0.25, 0.3) is 22.2 Å². The van der Waals surface area contributed by atoms with Crippen LogP contribution in [0.15, 0.2) is 65.7 Å². The topological polar surface area (TPSA) is 104 Å². The van der Waals surface area contributed by atoms with Crippen molar-refractivity contribution in [2.45, 2.75) is 6.42 Å². The van der Waals surface area contributed by atoms with E-state index in [-0.39, 0.29) is 17.9 Å². The largest absolute Gasteiger partial charge is 0.326 e. The van der Waals surface area contributed by atoms with Gasteiger partial charge in [0.15, 0.2) is 5.82 Å². The summed E-state index contributed by atoms with van der Waals surface area (Å²) in [6.45, 7) is 0. The van der Waals surface area contributed by atoms with Crippen molar-refractivity contribution < 1.29 is 4.79 Å². The molecule has 0 spiro atoms. The van der Waals surface area contributed by atoms with E-state index in [1.165, 1.54) is 6.33 Å². The van der Waals surface area contributed by atoms with Crippen molar-refractivity contribution in [3.05, 3.63) is 77.0 Å². The number of fused-ring (bicyclic) bond motifs is 1. The van der Waals surface area contributed by atoms with Crippen LogP contribution in [0.3, 0.4) is 0 Å². The Morgan fingerprint density at radius 2 is 1.96 bits per heavy atom. The first-order valence-corrected chi connectivity index (χ1v) is 8.06. The first kappa shape index (κ1) is 15.8. The zero-order valence-electron chi connectivity index (χ0n) is 13.7. The normalized spacial score (nSPS) is 10.8. The Balaban J connectivity index is 1.53. The molecule has 0 unspecified atom stereocenters. The van der Waals surface area contributed by atoms with E-state index >= 15 is 0 Å². The average molecular weight is 345 g/mol. The van der Waals surface area contributed by atoms with Crippen LogP contribution in [0, 0.1) is 0 Å². The Hall–Kier alpha value is -3.74. The van der Waals surface area contributed by atoms with Crippen LogP contribution in [-0.4, -0.2) is 26.1 Å². The minimum absolute atomic E-state index is 0.0760. The van der Waals surface area contributed by atoms with Crippen molar-refractivity contribution in [3.8, 4) is 11.4 Å². The molecule has 0 aliphatic heterocycles. The molecule has 4 rings (SSSR count). The summed E-state index contributed by atoms with van der Waals surface area (Å²) in [5.41, 5.74) is 1.84. The molecular formula is C19H15N5O2. The van der Waals surface area contributed by atoms with Gasteiger partial charge in [-0.15, -0.1) is 0 Å². The third-order valence-electron chi connectivity index (χ3n) is 4.00. The highest BCUT2D eigenvalue weighted by Crippen LogP contribution is 2.19. The molecule has 1 amide bonds. The van der Waals surface area contributed by atoms with Gasteiger partial charge in [0, 0.05) is 22.3 Å². The van der Waals surface area contributed by atoms with E-state index in [4.69, 9.17) is 0 Å². The summed E-state index contributed by atoms with van der Waals surface area (Å²) in [4.78, 5) is 31.3. The van der Waals surface area contributed by atoms with Crippen molar-refractivity contribution >= 4 is 22.4 Å². The molecule has 26 heavy (non-hydrogen) atoms. The van der Waals surface area contributed by atoms with E-state index in [1.807, 2.05) is 42.5 Å². The number of aromatic nitrogens is 4. The average Bonchev–Trinajstić information content (AvgIpc) is 3.16. The van der Waals surface area contributed by atoms with Crippen molar-refractivity contribution in [1.29, 1.82) is 0 Å². The number of carbonyl (C=O) groups excluding carboxylic acids is 1. The van der Waals surface area contributed by atoms with Crippen molar-refractivity contribution in [3.63, 3.8) is 0 Å². The fourth-order valence-corrected chi connectivity index (χ4v) is 2.83. The lowest BCUT2D eigenvalue weighted by atomic mass is 10.1. The predicted octanol–water partition coefficient (Wildman–Crippen LogP) is 2.49. The lowest BCUT2D eigenvalue weighted by Crippen LogP contribution is -2.18. The van der Waals surface area contributed by atoms with E-state index in [2.05, 4.69) is 25.5 Å². The second-order valence-electron chi connectivity index (χ2n) is 5.85. The number of carbonyl (C=O) groups is 1. The number of benzene rings is 2. The maximum Gasteiger partial charge on any atom is 0.256 e. The van der Waals surface area contributed by atoms with Gasteiger partial charge in [0.25, 0.3) is 5.56 Å². The number of hydrogen-bond donors (Lipinski definition) is 3. The molecule has 0 aliphatic carbocycles. The van der Waals surface area contributed by atoms with E-state index in [9.17, 15) is 9.59 Å². The molecule has 2 aromatic heterocycles. The van der Waals surface area contributed by atoms with E-state index < -0.39 is 0 Å². The fraction of sp³-hybridized carbons (Fsp3) is 0.0526. The summed E-state index contributed by atoms with van der Waals surface area (Å²) in [6.07, 6.45) is 1.50. The Morgan fingerprint density at radius 1 is 1.08 bits per heavy atom. The van der Waals surface area contributed by atoms with Crippen LogP contribution in [0.1, 0.15) is 5.69 Å². The molecule has 7 nitrogen and oxygen atoms in total. The van der Waals surface area contributed by atoms with Gasteiger partial charge < -0.3 is 10.3 Å². The van der Waals surface area contributed by atoms with Gasteiger partial charge in [-0.2, -0.15) is 5.10 Å². The van der Waals surface area contributed by atoms with Gasteiger partial charge in [-0.25, -0.2) is 4.98 Å². The summed E-state index contributed by atoms with van der Waals surface area (Å²) in [5, 5.41) is 10.9. The zero-order valence-corrected chi connectivity index (χ0v) is 13.7. The molecule has 128 valence electrons. The number of anilines is 1. The maximum atomic E-state index is 12.4. The summed E-state index contributed by atoms with van der Waals surface area (Å²) < 4.78 is 0. The minimum atomic E-state index is -0.217. The van der Waals surface area contributed by atoms with Gasteiger partial charge in [0.05, 0.1) is 6.42 Å². The van der Waals surface area contributed by atoms with Crippen molar-refractivity contribution in [2.75, 3.05) is 5.32 Å². The van der Waals surface area contributed by atoms with Gasteiger partial charge in [-0.1, -0.05) is 30.3 Å². The lowest BCUT2D eigenvalue weighted by Gasteiger charge is -2.07. The second kappa shape index (κ2) is 6.64. The number of aromatic amines is 2. The number of hydrogen-bond acceptors (Lipinski definition) is 4. The van der Waals surface area contributed by atoms with E-state index in [0.717, 1.165) is 10.9 Å². The third-order valence-corrected chi connectivity index (χ3v) is 4.00. The smallest absolute Gasteiger partial charge is 0.256 e. The molecule has 0 saturated carbocycles. The Labute approximate surface area is 148 Å². The quantitative estimate of drug-likeness (QED) is 0.528. The highest BCUT2D eigenvalue weighted by Gasteiger charge is 2.09. The molecule has 2 heterocycles. The standard InChI is InChI=1S/C19H15N5O2/c25-17(10-15-8-12-4-1-2-7-16(12)19(26)23-15)22-14-6-3-5-13(9-14)18-20-11-21-24-18/h1-9,11H,10H2,(H,22,25)(H,23,26)(H,20,21,24). The molecule has 0 fully saturated rings. The Morgan fingerprint density at radius 3 is 2.81 bits per heavy atom. The Kier molecular flexibility index (Phi) is 4.03. The van der Waals surface area contributed by atoms with Crippen LogP contribution in [0.4, 0.5) is 5.69 Å². The number of nitrogens with one attached hydrogen (secondary N) is 3. The fourth-order valence-electron chi connectivity index (χ4n) is 2.83. The van der Waals surface area contributed by atoms with Crippen LogP contribution in [-0.2, 0) is 11.2 Å². The highest BCUT2D eigenvalue weighted by molar-refractivity contribution is 5.93. The number of H-pyrrole nitrogens is 2. The first-order chi connectivity index (χ1) is 12.7. The van der Waals surface area contributed by atoms with E-state index in [0.29, 0.717) is 22.6 Å². The summed E-state index contributed by atoms with van der Waals surface area (Å²) >= 11 is 0. The van der Waals surface area contributed by atoms with Gasteiger partial charge in [-0.05, 0) is 29.7 Å². The van der Waals surface area contributed by atoms with Crippen molar-refractivity contribution in [1.82, 2.24) is 20.2 Å². The molecule has 0 bridgehead atoms. The summed E-state index contributed by atoms with van der Waals surface area (Å²) in [5.74, 6) is 0.408. The van der Waals surface area contributed by atoms with Crippen LogP contribution < -0.4 is 10.9 Å². The van der Waals surface area contributed by atoms with E-state index in [1.54, 1.807) is 12.1 Å². The molecule has 0 aliphatic rings. The lowest BCUT2D eigenvalue weighted by molar-refractivity contribution is -0.115. The Bertz CT molecular complexity index is 1130. The molecule has 7 heteroatoms. The molecule has 4 aromatic rings. The minimum Gasteiger partial charge on any atom is -0.326 e. The van der Waals surface area contributed by atoms with Gasteiger partial charge in [0.2, 0.25) is 5.91 Å². The number of rotatable bonds is 4. The monoisotopic (exact) mass is 345 g/mol. The third kappa shape index (κ3) is 3.23. The zero-order chi connectivity index (χ0) is 17.9. The number of pyridine rings is 1. The molecule has 3 N–H and O–H groups in total. The first-order valence-electron chi connectivity index (χ1n) is 8.06. The van der Waals surface area contributed by atoms with Gasteiger partial charge in [-0.3, -0.25) is 14.7 Å². The number of amides is 1. The SMILES string of the molecule is O=C(Cc1cc2ccccc2c(=O)[nH]1)Nc1cccc(-c2ncn[nH]2)c1. The van der Waals surface area contributed by atoms with Crippen LogP contribution >= 0.6 is 0 Å². The second-order valence-corrected chi connectivity index (χ2v) is 5.85. The van der Waals surface area contributed by atoms with Gasteiger partial charge in [0.1, 0.15) is 6.33 Å². The summed E-state index contributed by atoms with van der Waals surface area (Å²) in [7, 11) is 0. The predicted molar refractivity (Wildman–Crippen MR) is 98.7 cm³/mol. The van der Waals surface area contributed by atoms with Crippen LogP contribution in [0.2, 0.25) is 0 Å². The molecular weight excluding hydrogens is 330 g/mol. The summed E-state index contributed by atoms with van der Waals surface area (Å²) in [6, 6.07) is 16.4.